The first-order valence-corrected chi connectivity index (χ1v) is 7.84. The molecule has 3 nitrogen and oxygen atoms in total. The maximum absolute atomic E-state index is 13.6. The lowest BCUT2D eigenvalue weighted by Crippen LogP contribution is -2.39. The summed E-state index contributed by atoms with van der Waals surface area (Å²) in [6.07, 6.45) is 1.01. The molecule has 2 rings (SSSR count). The van der Waals surface area contributed by atoms with E-state index in [1.807, 2.05) is 18.9 Å². The van der Waals surface area contributed by atoms with Crippen LogP contribution in [0.25, 0.3) is 0 Å². The summed E-state index contributed by atoms with van der Waals surface area (Å²) in [6.45, 7) is 4.60. The number of rotatable bonds is 6. The molecule has 0 aliphatic rings. The van der Waals surface area contributed by atoms with Gasteiger partial charge in [0.1, 0.15) is 5.82 Å². The number of nitrogens with zero attached hydrogens (tertiary/aromatic N) is 1. The van der Waals surface area contributed by atoms with Gasteiger partial charge in [0.25, 0.3) is 0 Å². The highest BCUT2D eigenvalue weighted by Gasteiger charge is 2.19. The molecule has 122 valence electrons. The Bertz CT molecular complexity index is 655. The third kappa shape index (κ3) is 4.63. The molecule has 0 saturated heterocycles. The molecule has 0 aliphatic carbocycles. The second kappa shape index (κ2) is 7.88. The Morgan fingerprint density at radius 3 is 2.35 bits per heavy atom. The van der Waals surface area contributed by atoms with E-state index in [9.17, 15) is 9.18 Å². The molecule has 1 unspecified atom stereocenters. The average Bonchev–Trinajstić information content (AvgIpc) is 2.56. The second-order valence-corrected chi connectivity index (χ2v) is 5.73. The van der Waals surface area contributed by atoms with E-state index < -0.39 is 5.82 Å². The third-order valence-corrected chi connectivity index (χ3v) is 4.04. The zero-order chi connectivity index (χ0) is 16.8. The predicted octanol–water partition coefficient (Wildman–Crippen LogP) is 3.85. The Morgan fingerprint density at radius 2 is 1.74 bits per heavy atom. The quantitative estimate of drug-likeness (QED) is 0.878. The van der Waals surface area contributed by atoms with Gasteiger partial charge >= 0.3 is 0 Å². The smallest absolute Gasteiger partial charge is 0.241 e. The van der Waals surface area contributed by atoms with Gasteiger partial charge in [-0.05, 0) is 43.7 Å². The minimum atomic E-state index is -0.425. The van der Waals surface area contributed by atoms with E-state index in [0.29, 0.717) is 6.54 Å². The Kier molecular flexibility index (Phi) is 5.88. The molecular weight excluding hydrogens is 291 g/mol. The van der Waals surface area contributed by atoms with E-state index in [-0.39, 0.29) is 17.6 Å². The summed E-state index contributed by atoms with van der Waals surface area (Å²) in [7, 11) is 1.89. The molecule has 0 aromatic heterocycles. The molecule has 2 aromatic carbocycles. The van der Waals surface area contributed by atoms with Crippen molar-refractivity contribution in [3.63, 3.8) is 0 Å². The molecule has 0 radical (unpaired) electrons. The van der Waals surface area contributed by atoms with Crippen molar-refractivity contribution < 1.29 is 9.18 Å². The lowest BCUT2D eigenvalue weighted by Gasteiger charge is -2.24. The minimum Gasteiger partial charge on any atom is -0.322 e. The van der Waals surface area contributed by atoms with Crippen LogP contribution in [0.15, 0.2) is 48.5 Å². The molecule has 0 aliphatic heterocycles. The zero-order valence-electron chi connectivity index (χ0n) is 13.8. The topological polar surface area (TPSA) is 32.3 Å². The fraction of sp³-hybridized carbons (Fsp3) is 0.316. The molecule has 1 amide bonds. The van der Waals surface area contributed by atoms with E-state index in [4.69, 9.17) is 0 Å². The van der Waals surface area contributed by atoms with Gasteiger partial charge in [0.05, 0.1) is 11.7 Å². The Morgan fingerprint density at radius 1 is 1.13 bits per heavy atom. The van der Waals surface area contributed by atoms with Gasteiger partial charge in [-0.3, -0.25) is 9.69 Å². The number of benzene rings is 2. The van der Waals surface area contributed by atoms with Crippen molar-refractivity contribution in [2.24, 2.45) is 0 Å². The lowest BCUT2D eigenvalue weighted by molar-refractivity contribution is -0.120. The van der Waals surface area contributed by atoms with Crippen molar-refractivity contribution in [2.75, 3.05) is 12.4 Å². The van der Waals surface area contributed by atoms with Crippen molar-refractivity contribution in [1.82, 2.24) is 4.90 Å². The highest BCUT2D eigenvalue weighted by atomic mass is 19.1. The number of nitrogens with one attached hydrogen (secondary N) is 1. The SMILES string of the molecule is CCc1ccc(CN(C)C(C)C(=O)Nc2ccccc2F)cc1. The van der Waals surface area contributed by atoms with Gasteiger partial charge < -0.3 is 5.32 Å². The summed E-state index contributed by atoms with van der Waals surface area (Å²) in [5, 5.41) is 2.64. The fourth-order valence-corrected chi connectivity index (χ4v) is 2.31. The lowest BCUT2D eigenvalue weighted by atomic mass is 10.1. The number of aryl methyl sites for hydroxylation is 1. The van der Waals surface area contributed by atoms with Gasteiger partial charge in [-0.15, -0.1) is 0 Å². The van der Waals surface area contributed by atoms with E-state index in [1.54, 1.807) is 18.2 Å². The normalized spacial score (nSPS) is 12.2. The van der Waals surface area contributed by atoms with Crippen LogP contribution in [0, 0.1) is 5.82 Å². The average molecular weight is 314 g/mol. The number of anilines is 1. The number of halogens is 1. The van der Waals surface area contributed by atoms with Crippen molar-refractivity contribution in [3.05, 3.63) is 65.5 Å². The molecule has 2 aromatic rings. The number of carbonyl (C=O) groups excluding carboxylic acids is 1. The first-order chi connectivity index (χ1) is 11.0. The van der Waals surface area contributed by atoms with Crippen LogP contribution >= 0.6 is 0 Å². The Labute approximate surface area is 137 Å². The van der Waals surface area contributed by atoms with Crippen LogP contribution < -0.4 is 5.32 Å². The predicted molar refractivity (Wildman–Crippen MR) is 91.8 cm³/mol. The number of hydrogen-bond donors (Lipinski definition) is 1. The number of hydrogen-bond acceptors (Lipinski definition) is 2. The van der Waals surface area contributed by atoms with Crippen LogP contribution in [0.1, 0.15) is 25.0 Å². The molecule has 0 heterocycles. The summed E-state index contributed by atoms with van der Waals surface area (Å²) in [5.41, 5.74) is 2.65. The number of amides is 1. The maximum Gasteiger partial charge on any atom is 0.241 e. The van der Waals surface area contributed by atoms with Gasteiger partial charge in [0.2, 0.25) is 5.91 Å². The van der Waals surface area contributed by atoms with Crippen molar-refractivity contribution in [3.8, 4) is 0 Å². The van der Waals surface area contributed by atoms with Crippen molar-refractivity contribution in [1.29, 1.82) is 0 Å². The summed E-state index contributed by atoms with van der Waals surface area (Å²) in [6, 6.07) is 14.2. The maximum atomic E-state index is 13.6. The van der Waals surface area contributed by atoms with Gasteiger partial charge in [-0.1, -0.05) is 43.3 Å². The summed E-state index contributed by atoms with van der Waals surface area (Å²) in [4.78, 5) is 14.2. The standard InChI is InChI=1S/C19H23FN2O/c1-4-15-9-11-16(12-10-15)13-22(3)14(2)19(23)21-18-8-6-5-7-17(18)20/h5-12,14H,4,13H2,1-3H3,(H,21,23). The first-order valence-electron chi connectivity index (χ1n) is 7.84. The molecule has 1 atom stereocenters. The van der Waals surface area contributed by atoms with Crippen LogP contribution in [-0.4, -0.2) is 23.9 Å². The Hall–Kier alpha value is -2.20. The van der Waals surface area contributed by atoms with Crippen LogP contribution in [0.5, 0.6) is 0 Å². The van der Waals surface area contributed by atoms with Crippen LogP contribution in [0.4, 0.5) is 10.1 Å². The zero-order valence-corrected chi connectivity index (χ0v) is 13.8. The van der Waals surface area contributed by atoms with Gasteiger partial charge in [0.15, 0.2) is 0 Å². The minimum absolute atomic E-state index is 0.213. The monoisotopic (exact) mass is 314 g/mol. The molecule has 0 saturated carbocycles. The molecule has 0 spiro atoms. The van der Waals surface area contributed by atoms with Crippen molar-refractivity contribution >= 4 is 11.6 Å². The number of carbonyl (C=O) groups is 1. The molecular formula is C19H23FN2O. The van der Waals surface area contributed by atoms with Crippen LogP contribution in [0.3, 0.4) is 0 Å². The summed E-state index contributed by atoms with van der Waals surface area (Å²) < 4.78 is 13.6. The summed E-state index contributed by atoms with van der Waals surface area (Å²) >= 11 is 0. The fourth-order valence-electron chi connectivity index (χ4n) is 2.31. The largest absolute Gasteiger partial charge is 0.322 e. The first kappa shape index (κ1) is 17.2. The molecule has 1 N–H and O–H groups in total. The summed E-state index contributed by atoms with van der Waals surface area (Å²) in [5.74, 6) is -0.645. The molecule has 0 bridgehead atoms. The van der Waals surface area contributed by atoms with Gasteiger partial charge in [0, 0.05) is 6.54 Å². The van der Waals surface area contributed by atoms with Gasteiger partial charge in [-0.2, -0.15) is 0 Å². The van der Waals surface area contributed by atoms with Crippen LogP contribution in [0.2, 0.25) is 0 Å². The van der Waals surface area contributed by atoms with E-state index in [1.165, 1.54) is 11.6 Å². The second-order valence-electron chi connectivity index (χ2n) is 5.73. The highest BCUT2D eigenvalue weighted by Crippen LogP contribution is 2.14. The molecule has 4 heteroatoms. The Balaban J connectivity index is 1.96. The van der Waals surface area contributed by atoms with E-state index in [2.05, 4.69) is 36.5 Å². The van der Waals surface area contributed by atoms with Crippen molar-refractivity contribution in [2.45, 2.75) is 32.9 Å². The highest BCUT2D eigenvalue weighted by molar-refractivity contribution is 5.94. The van der Waals surface area contributed by atoms with E-state index in [0.717, 1.165) is 12.0 Å². The number of likely N-dealkylation sites (N-methyl/N-ethyl adjacent to an activating group) is 1. The third-order valence-electron chi connectivity index (χ3n) is 4.04. The van der Waals surface area contributed by atoms with E-state index >= 15 is 0 Å². The van der Waals surface area contributed by atoms with Crippen LogP contribution in [-0.2, 0) is 17.8 Å². The molecule has 23 heavy (non-hydrogen) atoms. The van der Waals surface area contributed by atoms with Gasteiger partial charge in [-0.25, -0.2) is 4.39 Å². The number of para-hydroxylation sites is 1. The molecule has 0 fully saturated rings.